The predicted molar refractivity (Wildman–Crippen MR) is 112 cm³/mol. The van der Waals surface area contributed by atoms with Crippen LogP contribution in [0.3, 0.4) is 0 Å². The van der Waals surface area contributed by atoms with Gasteiger partial charge in [-0.1, -0.05) is 28.1 Å². The van der Waals surface area contributed by atoms with Crippen molar-refractivity contribution < 1.29 is 13.2 Å². The van der Waals surface area contributed by atoms with Gasteiger partial charge >= 0.3 is 0 Å². The van der Waals surface area contributed by atoms with Gasteiger partial charge in [0.05, 0.1) is 18.1 Å². The standard InChI is InChI=1S/C19H19BrN4O3S/c1-27-16-9-8-13(20)12-17(16)28(25,26)23-18-19(24-10-4-5-11-24)22-15-7-3-2-6-14(15)21-18/h2-3,6-9,12H,4-5,10-11H2,1H3,(H,21,23). The number of rotatable bonds is 5. The summed E-state index contributed by atoms with van der Waals surface area (Å²) in [4.78, 5) is 11.4. The molecule has 0 unspecified atom stereocenters. The van der Waals surface area contributed by atoms with Gasteiger partial charge in [0, 0.05) is 17.6 Å². The molecule has 1 fully saturated rings. The Morgan fingerprint density at radius 3 is 2.43 bits per heavy atom. The lowest BCUT2D eigenvalue weighted by Gasteiger charge is -2.21. The van der Waals surface area contributed by atoms with Gasteiger partial charge in [-0.3, -0.25) is 4.72 Å². The number of hydrogen-bond donors (Lipinski definition) is 1. The van der Waals surface area contributed by atoms with Crippen molar-refractivity contribution in [3.8, 4) is 5.75 Å². The molecular weight excluding hydrogens is 444 g/mol. The zero-order chi connectivity index (χ0) is 19.7. The molecule has 3 aromatic rings. The SMILES string of the molecule is COc1ccc(Br)cc1S(=O)(=O)Nc1nc2ccccc2nc1N1CCCC1. The largest absolute Gasteiger partial charge is 0.495 e. The number of hydrogen-bond acceptors (Lipinski definition) is 6. The minimum absolute atomic E-state index is 0.0340. The number of sulfonamides is 1. The second-order valence-electron chi connectivity index (χ2n) is 6.48. The lowest BCUT2D eigenvalue weighted by molar-refractivity contribution is 0.403. The number of halogens is 1. The second kappa shape index (κ2) is 7.56. The van der Waals surface area contributed by atoms with Crippen molar-refractivity contribution in [2.75, 3.05) is 29.8 Å². The third kappa shape index (κ3) is 3.64. The van der Waals surface area contributed by atoms with Gasteiger partial charge in [0.1, 0.15) is 10.6 Å². The van der Waals surface area contributed by atoms with Crippen LogP contribution in [0.15, 0.2) is 51.8 Å². The molecule has 1 saturated heterocycles. The number of anilines is 2. The lowest BCUT2D eigenvalue weighted by Crippen LogP contribution is -2.23. The zero-order valence-corrected chi connectivity index (χ0v) is 17.6. The molecule has 28 heavy (non-hydrogen) atoms. The van der Waals surface area contributed by atoms with Crippen molar-refractivity contribution in [3.05, 3.63) is 46.9 Å². The van der Waals surface area contributed by atoms with Gasteiger partial charge in [-0.25, -0.2) is 18.4 Å². The average Bonchev–Trinajstić information content (AvgIpc) is 3.21. The van der Waals surface area contributed by atoms with Gasteiger partial charge in [-0.05, 0) is 43.2 Å². The number of fused-ring (bicyclic) bond motifs is 1. The number of nitrogens with zero attached hydrogens (tertiary/aromatic N) is 3. The lowest BCUT2D eigenvalue weighted by atomic mass is 10.3. The van der Waals surface area contributed by atoms with Crippen LogP contribution in [-0.4, -0.2) is 38.6 Å². The van der Waals surface area contributed by atoms with E-state index in [-0.39, 0.29) is 16.5 Å². The Kier molecular flexibility index (Phi) is 5.11. The summed E-state index contributed by atoms with van der Waals surface area (Å²) in [6.07, 6.45) is 2.08. The Balaban J connectivity index is 1.82. The topological polar surface area (TPSA) is 84.4 Å². The van der Waals surface area contributed by atoms with Crippen LogP contribution in [0.5, 0.6) is 5.75 Å². The quantitative estimate of drug-likeness (QED) is 0.620. The molecule has 0 bridgehead atoms. The molecule has 9 heteroatoms. The summed E-state index contributed by atoms with van der Waals surface area (Å²) in [6, 6.07) is 12.3. The smallest absolute Gasteiger partial charge is 0.266 e. The van der Waals surface area contributed by atoms with E-state index in [2.05, 4.69) is 30.5 Å². The first kappa shape index (κ1) is 18.9. The number of aromatic nitrogens is 2. The van der Waals surface area contributed by atoms with Crippen LogP contribution in [0, 0.1) is 0 Å². The summed E-state index contributed by atoms with van der Waals surface area (Å²) in [5.41, 5.74) is 1.36. The summed E-state index contributed by atoms with van der Waals surface area (Å²) in [5, 5.41) is 0. The normalized spacial score (nSPS) is 14.4. The van der Waals surface area contributed by atoms with E-state index in [0.717, 1.165) is 31.4 Å². The van der Waals surface area contributed by atoms with E-state index < -0.39 is 10.0 Å². The number of methoxy groups -OCH3 is 1. The van der Waals surface area contributed by atoms with E-state index in [9.17, 15) is 8.42 Å². The highest BCUT2D eigenvalue weighted by atomic mass is 79.9. The Morgan fingerprint density at radius 1 is 1.07 bits per heavy atom. The highest BCUT2D eigenvalue weighted by molar-refractivity contribution is 9.10. The molecule has 2 heterocycles. The van der Waals surface area contributed by atoms with Crippen molar-refractivity contribution in [1.82, 2.24) is 9.97 Å². The van der Waals surface area contributed by atoms with Crippen molar-refractivity contribution in [1.29, 1.82) is 0 Å². The molecule has 1 aliphatic heterocycles. The third-order valence-corrected chi connectivity index (χ3v) is 6.46. The first-order valence-corrected chi connectivity index (χ1v) is 11.1. The fraction of sp³-hybridized carbons (Fsp3) is 0.263. The van der Waals surface area contributed by atoms with E-state index in [1.165, 1.54) is 13.2 Å². The van der Waals surface area contributed by atoms with Gasteiger partial charge in [-0.15, -0.1) is 0 Å². The Hall–Kier alpha value is -2.39. The second-order valence-corrected chi connectivity index (χ2v) is 9.05. The number of nitrogens with one attached hydrogen (secondary N) is 1. The molecule has 146 valence electrons. The maximum absolute atomic E-state index is 13.1. The van der Waals surface area contributed by atoms with Gasteiger partial charge in [0.25, 0.3) is 10.0 Å². The monoisotopic (exact) mass is 462 g/mol. The van der Waals surface area contributed by atoms with Gasteiger partial charge in [0.15, 0.2) is 11.6 Å². The molecule has 1 aromatic heterocycles. The Bertz CT molecular complexity index is 1130. The van der Waals surface area contributed by atoms with Gasteiger partial charge in [0.2, 0.25) is 0 Å². The predicted octanol–water partition coefficient (Wildman–Crippen LogP) is 3.80. The van der Waals surface area contributed by atoms with E-state index >= 15 is 0 Å². The van der Waals surface area contributed by atoms with E-state index in [1.807, 2.05) is 24.3 Å². The Labute approximate surface area is 171 Å². The van der Waals surface area contributed by atoms with Crippen molar-refractivity contribution in [3.63, 3.8) is 0 Å². The number of benzene rings is 2. The summed E-state index contributed by atoms with van der Waals surface area (Å²) < 4.78 is 34.8. The molecule has 0 atom stereocenters. The molecule has 2 aromatic carbocycles. The van der Waals surface area contributed by atoms with Crippen LogP contribution in [0.1, 0.15) is 12.8 Å². The van der Waals surface area contributed by atoms with Crippen LogP contribution in [0.4, 0.5) is 11.6 Å². The minimum Gasteiger partial charge on any atom is -0.495 e. The molecule has 1 N–H and O–H groups in total. The van der Waals surface area contributed by atoms with Crippen molar-refractivity contribution in [2.24, 2.45) is 0 Å². The molecule has 0 amide bonds. The highest BCUT2D eigenvalue weighted by Crippen LogP contribution is 2.32. The average molecular weight is 463 g/mol. The van der Waals surface area contributed by atoms with Crippen LogP contribution >= 0.6 is 15.9 Å². The minimum atomic E-state index is -3.93. The van der Waals surface area contributed by atoms with E-state index in [1.54, 1.807) is 12.1 Å². The fourth-order valence-corrected chi connectivity index (χ4v) is 4.96. The fourth-order valence-electron chi connectivity index (χ4n) is 3.25. The zero-order valence-electron chi connectivity index (χ0n) is 15.2. The van der Waals surface area contributed by atoms with Crippen LogP contribution in [0.2, 0.25) is 0 Å². The third-order valence-electron chi connectivity index (χ3n) is 4.60. The summed E-state index contributed by atoms with van der Waals surface area (Å²) in [6.45, 7) is 1.64. The van der Waals surface area contributed by atoms with E-state index in [4.69, 9.17) is 9.72 Å². The van der Waals surface area contributed by atoms with Crippen LogP contribution < -0.4 is 14.4 Å². The molecular formula is C19H19BrN4O3S. The first-order chi connectivity index (χ1) is 13.5. The molecule has 7 nitrogen and oxygen atoms in total. The molecule has 4 rings (SSSR count). The van der Waals surface area contributed by atoms with Crippen molar-refractivity contribution in [2.45, 2.75) is 17.7 Å². The maximum Gasteiger partial charge on any atom is 0.266 e. The molecule has 0 spiro atoms. The highest BCUT2D eigenvalue weighted by Gasteiger charge is 2.26. The molecule has 0 aliphatic carbocycles. The summed E-state index contributed by atoms with van der Waals surface area (Å²) in [7, 11) is -2.50. The number of ether oxygens (including phenoxy) is 1. The van der Waals surface area contributed by atoms with E-state index in [0.29, 0.717) is 15.8 Å². The summed E-state index contributed by atoms with van der Waals surface area (Å²) >= 11 is 3.32. The molecule has 0 radical (unpaired) electrons. The van der Waals surface area contributed by atoms with Crippen LogP contribution in [0.25, 0.3) is 11.0 Å². The number of para-hydroxylation sites is 2. The summed E-state index contributed by atoms with van der Waals surface area (Å²) in [5.74, 6) is 1.03. The Morgan fingerprint density at radius 2 is 1.75 bits per heavy atom. The van der Waals surface area contributed by atoms with Crippen molar-refractivity contribution >= 4 is 48.6 Å². The van der Waals surface area contributed by atoms with Gasteiger partial charge < -0.3 is 9.64 Å². The maximum atomic E-state index is 13.1. The molecule has 1 aliphatic rings. The van der Waals surface area contributed by atoms with Crippen LogP contribution in [-0.2, 0) is 10.0 Å². The van der Waals surface area contributed by atoms with Gasteiger partial charge in [-0.2, -0.15) is 0 Å². The molecule has 0 saturated carbocycles. The first-order valence-electron chi connectivity index (χ1n) is 8.86.